The first-order valence-electron chi connectivity index (χ1n) is 17.2. The van der Waals surface area contributed by atoms with Gasteiger partial charge in [-0.1, -0.05) is 38.1 Å². The number of carboxylic acids is 1. The summed E-state index contributed by atoms with van der Waals surface area (Å²) in [6.07, 6.45) is 2.61. The van der Waals surface area contributed by atoms with Crippen molar-refractivity contribution in [1.29, 1.82) is 0 Å². The zero-order valence-corrected chi connectivity index (χ0v) is 29.7. The first kappa shape index (κ1) is 36.3. The van der Waals surface area contributed by atoms with E-state index in [-0.39, 0.29) is 30.5 Å². The number of anilines is 1. The summed E-state index contributed by atoms with van der Waals surface area (Å²) < 4.78 is 31.8. The van der Waals surface area contributed by atoms with Crippen molar-refractivity contribution in [3.63, 3.8) is 0 Å². The molecule has 5 rings (SSSR count). The molecule has 1 N–H and O–H groups in total. The second-order valence-corrected chi connectivity index (χ2v) is 14.9. The van der Waals surface area contributed by atoms with Crippen molar-refractivity contribution in [3.05, 3.63) is 76.9 Å². The fourth-order valence-corrected chi connectivity index (χ4v) is 6.48. The van der Waals surface area contributed by atoms with Gasteiger partial charge in [0.2, 0.25) is 5.91 Å². The van der Waals surface area contributed by atoms with E-state index in [2.05, 4.69) is 18.7 Å². The van der Waals surface area contributed by atoms with Crippen LogP contribution in [0.4, 0.5) is 10.1 Å². The second-order valence-electron chi connectivity index (χ2n) is 14.9. The first-order chi connectivity index (χ1) is 23.2. The Balaban J connectivity index is 1.56. The van der Waals surface area contributed by atoms with E-state index in [1.165, 1.54) is 12.1 Å². The van der Waals surface area contributed by atoms with Crippen LogP contribution in [0.15, 0.2) is 48.5 Å². The van der Waals surface area contributed by atoms with E-state index in [0.29, 0.717) is 48.7 Å². The Morgan fingerprint density at radius 3 is 2.31 bits per heavy atom. The molecule has 0 aliphatic carbocycles. The SMILES string of the molecule is Cc1nc(COCN2CCCC2=O)c(-c2ccc(OCCc3ccc(F)cc3)cc2)c(N2CCC(C)(C)CC2)c1[C@H](OC(C)(C)C)C(=O)O. The Morgan fingerprint density at radius 1 is 1.04 bits per heavy atom. The van der Waals surface area contributed by atoms with Gasteiger partial charge in [-0.25, -0.2) is 9.18 Å². The van der Waals surface area contributed by atoms with Gasteiger partial charge in [-0.3, -0.25) is 9.78 Å². The number of amides is 1. The summed E-state index contributed by atoms with van der Waals surface area (Å²) in [5.74, 6) is -0.589. The van der Waals surface area contributed by atoms with Crippen molar-refractivity contribution in [3.8, 4) is 16.9 Å². The fraction of sp³-hybridized carbons (Fsp3) is 0.513. The molecule has 2 aliphatic rings. The summed E-state index contributed by atoms with van der Waals surface area (Å²) in [7, 11) is 0. The van der Waals surface area contributed by atoms with Crippen LogP contribution in [-0.4, -0.2) is 65.4 Å². The standard InChI is InChI=1S/C39H50FN3O6/c1-26-33(36(37(45)46)49-38(2,3)4)35(42-21-18-39(5,6)19-22-42)34(31(41-26)24-47-25-43-20-7-8-32(43)44)28-11-15-30(16-12-28)48-23-17-27-9-13-29(40)14-10-27/h9-16,36H,7-8,17-25H2,1-6H3,(H,45,46)/t36-/m0/s1. The maximum absolute atomic E-state index is 13.3. The van der Waals surface area contributed by atoms with Crippen LogP contribution < -0.4 is 9.64 Å². The Bertz CT molecular complexity index is 1610. The summed E-state index contributed by atoms with van der Waals surface area (Å²) >= 11 is 0. The maximum Gasteiger partial charge on any atom is 0.337 e. The van der Waals surface area contributed by atoms with Crippen molar-refractivity contribution in [2.24, 2.45) is 5.41 Å². The lowest BCUT2D eigenvalue weighted by Gasteiger charge is -2.41. The Kier molecular flexibility index (Phi) is 11.3. The van der Waals surface area contributed by atoms with E-state index in [1.807, 2.05) is 52.0 Å². The van der Waals surface area contributed by atoms with Crippen LogP contribution in [0.2, 0.25) is 0 Å². The minimum absolute atomic E-state index is 0.0787. The number of piperidine rings is 1. The molecule has 0 spiro atoms. The molecule has 10 heteroatoms. The van der Waals surface area contributed by atoms with Crippen LogP contribution in [0.1, 0.15) is 88.9 Å². The van der Waals surface area contributed by atoms with Gasteiger partial charge in [0.25, 0.3) is 0 Å². The zero-order chi connectivity index (χ0) is 35.3. The number of hydrogen-bond donors (Lipinski definition) is 1. The predicted molar refractivity (Wildman–Crippen MR) is 187 cm³/mol. The van der Waals surface area contributed by atoms with Crippen LogP contribution in [-0.2, 0) is 32.1 Å². The van der Waals surface area contributed by atoms with Crippen molar-refractivity contribution in [2.75, 3.05) is 37.9 Å². The monoisotopic (exact) mass is 675 g/mol. The van der Waals surface area contributed by atoms with Gasteiger partial charge in [-0.05, 0) is 87.8 Å². The predicted octanol–water partition coefficient (Wildman–Crippen LogP) is 7.48. The van der Waals surface area contributed by atoms with Crippen LogP contribution in [0.5, 0.6) is 5.75 Å². The molecule has 2 aromatic carbocycles. The minimum atomic E-state index is -1.25. The molecule has 3 aromatic rings. The molecule has 0 radical (unpaired) electrons. The highest BCUT2D eigenvalue weighted by molar-refractivity contribution is 5.88. The average Bonchev–Trinajstić information content (AvgIpc) is 3.45. The van der Waals surface area contributed by atoms with E-state index >= 15 is 0 Å². The molecule has 264 valence electrons. The summed E-state index contributed by atoms with van der Waals surface area (Å²) in [6.45, 7) is 14.8. The zero-order valence-electron chi connectivity index (χ0n) is 29.7. The molecule has 0 saturated carbocycles. The Labute approximate surface area is 289 Å². The van der Waals surface area contributed by atoms with Gasteiger partial charge in [0.05, 0.1) is 30.2 Å². The molecule has 0 unspecified atom stereocenters. The van der Waals surface area contributed by atoms with Crippen LogP contribution >= 0.6 is 0 Å². The smallest absolute Gasteiger partial charge is 0.337 e. The number of rotatable bonds is 13. The molecule has 9 nitrogen and oxygen atoms in total. The third kappa shape index (κ3) is 9.36. The number of aryl methyl sites for hydroxylation is 1. The molecular weight excluding hydrogens is 625 g/mol. The number of hydrogen-bond acceptors (Lipinski definition) is 7. The van der Waals surface area contributed by atoms with Gasteiger partial charge >= 0.3 is 5.97 Å². The number of carbonyl (C=O) groups excluding carboxylic acids is 1. The van der Waals surface area contributed by atoms with E-state index in [0.717, 1.165) is 54.7 Å². The van der Waals surface area contributed by atoms with Crippen molar-refractivity contribution >= 4 is 17.6 Å². The number of nitrogens with zero attached hydrogens (tertiary/aromatic N) is 3. The molecular formula is C39H50FN3O6. The molecule has 1 aromatic heterocycles. The number of likely N-dealkylation sites (tertiary alicyclic amines) is 1. The van der Waals surface area contributed by atoms with E-state index in [1.54, 1.807) is 17.0 Å². The third-order valence-corrected chi connectivity index (χ3v) is 9.24. The number of benzene rings is 2. The van der Waals surface area contributed by atoms with Gasteiger partial charge in [-0.15, -0.1) is 0 Å². The summed E-state index contributed by atoms with van der Waals surface area (Å²) in [5, 5.41) is 10.6. The van der Waals surface area contributed by atoms with Crippen molar-refractivity contribution in [2.45, 2.75) is 92.0 Å². The molecule has 2 aliphatic heterocycles. The minimum Gasteiger partial charge on any atom is -0.493 e. The highest BCUT2D eigenvalue weighted by Crippen LogP contribution is 2.45. The van der Waals surface area contributed by atoms with Crippen molar-refractivity contribution in [1.82, 2.24) is 9.88 Å². The number of ether oxygens (including phenoxy) is 3. The highest BCUT2D eigenvalue weighted by Gasteiger charge is 2.37. The molecule has 3 heterocycles. The number of aliphatic carboxylic acids is 1. The topological polar surface area (TPSA) is 101 Å². The van der Waals surface area contributed by atoms with Gasteiger partial charge in [0.15, 0.2) is 6.10 Å². The number of carbonyl (C=O) groups is 2. The molecule has 2 saturated heterocycles. The number of carboxylic acid groups (broad SMARTS) is 1. The van der Waals surface area contributed by atoms with Crippen molar-refractivity contribution < 1.29 is 33.3 Å². The summed E-state index contributed by atoms with van der Waals surface area (Å²) in [5.41, 5.74) is 4.61. The Morgan fingerprint density at radius 2 is 1.71 bits per heavy atom. The van der Waals surface area contributed by atoms with Gasteiger partial charge in [-0.2, -0.15) is 0 Å². The lowest BCUT2D eigenvalue weighted by Crippen LogP contribution is -2.39. The highest BCUT2D eigenvalue weighted by atomic mass is 19.1. The molecule has 2 fully saturated rings. The quantitative estimate of drug-likeness (QED) is 0.199. The van der Waals surface area contributed by atoms with Crippen LogP contribution in [0.25, 0.3) is 11.1 Å². The molecule has 1 atom stereocenters. The van der Waals surface area contributed by atoms with Crippen LogP contribution in [0.3, 0.4) is 0 Å². The number of halogens is 1. The summed E-state index contributed by atoms with van der Waals surface area (Å²) in [6, 6.07) is 14.1. The summed E-state index contributed by atoms with van der Waals surface area (Å²) in [4.78, 5) is 34.2. The average molecular weight is 676 g/mol. The lowest BCUT2D eigenvalue weighted by molar-refractivity contribution is -0.160. The fourth-order valence-electron chi connectivity index (χ4n) is 6.48. The lowest BCUT2D eigenvalue weighted by atomic mass is 9.81. The number of pyridine rings is 1. The molecule has 49 heavy (non-hydrogen) atoms. The normalized spacial score (nSPS) is 17.0. The van der Waals surface area contributed by atoms with E-state index in [9.17, 15) is 19.1 Å². The number of aromatic nitrogens is 1. The second kappa shape index (κ2) is 15.3. The van der Waals surface area contributed by atoms with E-state index < -0.39 is 17.7 Å². The first-order valence-corrected chi connectivity index (χ1v) is 17.2. The molecule has 0 bridgehead atoms. The largest absolute Gasteiger partial charge is 0.493 e. The Hall–Kier alpha value is -4.02. The van der Waals surface area contributed by atoms with Gasteiger partial charge in [0, 0.05) is 49.3 Å². The van der Waals surface area contributed by atoms with Crippen LogP contribution in [0, 0.1) is 18.2 Å². The molecule has 1 amide bonds. The third-order valence-electron chi connectivity index (χ3n) is 9.24. The van der Waals surface area contributed by atoms with Gasteiger partial charge in [0.1, 0.15) is 18.3 Å². The van der Waals surface area contributed by atoms with Gasteiger partial charge < -0.3 is 29.1 Å². The van der Waals surface area contributed by atoms with E-state index in [4.69, 9.17) is 19.2 Å². The maximum atomic E-state index is 13.3.